The standard InChI is InChI=1S/C18H29N3O.ClH/c1-14(19)10-18(22)20-9-8-17-11-15(2)21(13-17)12-16-6-4-3-5-7-16;/h3-7,14-15,17H,8-13,19H2,1-2H3,(H,20,22);1H. The first-order valence-electron chi connectivity index (χ1n) is 8.35. The van der Waals surface area contributed by atoms with Crippen molar-refractivity contribution in [3.63, 3.8) is 0 Å². The molecule has 5 heteroatoms. The molecule has 1 aromatic rings. The number of carbonyl (C=O) groups is 1. The molecule has 1 heterocycles. The van der Waals surface area contributed by atoms with Gasteiger partial charge in [0, 0.05) is 38.1 Å². The van der Waals surface area contributed by atoms with Crippen LogP contribution in [0.25, 0.3) is 0 Å². The molecular weight excluding hydrogens is 310 g/mol. The van der Waals surface area contributed by atoms with Gasteiger partial charge in [-0.25, -0.2) is 0 Å². The van der Waals surface area contributed by atoms with Gasteiger partial charge in [-0.1, -0.05) is 30.3 Å². The number of nitrogens with zero attached hydrogens (tertiary/aromatic N) is 1. The summed E-state index contributed by atoms with van der Waals surface area (Å²) in [5.41, 5.74) is 7.00. The van der Waals surface area contributed by atoms with E-state index in [4.69, 9.17) is 5.73 Å². The van der Waals surface area contributed by atoms with E-state index in [2.05, 4.69) is 47.5 Å². The van der Waals surface area contributed by atoms with E-state index in [0.29, 0.717) is 18.4 Å². The van der Waals surface area contributed by atoms with Crippen LogP contribution in [0, 0.1) is 5.92 Å². The van der Waals surface area contributed by atoms with Gasteiger partial charge in [0.15, 0.2) is 0 Å². The largest absolute Gasteiger partial charge is 0.356 e. The summed E-state index contributed by atoms with van der Waals surface area (Å²) in [6, 6.07) is 11.2. The molecule has 1 aromatic carbocycles. The summed E-state index contributed by atoms with van der Waals surface area (Å²) >= 11 is 0. The molecule has 0 saturated carbocycles. The number of hydrogen-bond donors (Lipinski definition) is 2. The number of halogens is 1. The van der Waals surface area contributed by atoms with Gasteiger partial charge < -0.3 is 11.1 Å². The van der Waals surface area contributed by atoms with Crippen molar-refractivity contribution in [1.29, 1.82) is 0 Å². The minimum absolute atomic E-state index is 0. The molecule has 3 atom stereocenters. The Kier molecular flexibility index (Phi) is 8.59. The molecule has 1 amide bonds. The summed E-state index contributed by atoms with van der Waals surface area (Å²) in [6.07, 6.45) is 2.69. The maximum absolute atomic E-state index is 11.6. The number of likely N-dealkylation sites (tertiary alicyclic amines) is 1. The first-order chi connectivity index (χ1) is 10.5. The van der Waals surface area contributed by atoms with Crippen molar-refractivity contribution < 1.29 is 4.79 Å². The number of carbonyl (C=O) groups excluding carboxylic acids is 1. The lowest BCUT2D eigenvalue weighted by atomic mass is 10.0. The molecule has 0 aromatic heterocycles. The monoisotopic (exact) mass is 339 g/mol. The molecule has 1 aliphatic heterocycles. The van der Waals surface area contributed by atoms with E-state index in [1.807, 2.05) is 6.92 Å². The van der Waals surface area contributed by atoms with Crippen molar-refractivity contribution in [1.82, 2.24) is 10.2 Å². The molecule has 1 fully saturated rings. The Balaban J connectivity index is 0.00000264. The lowest BCUT2D eigenvalue weighted by molar-refractivity contribution is -0.121. The zero-order valence-corrected chi connectivity index (χ0v) is 15.0. The van der Waals surface area contributed by atoms with Crippen LogP contribution in [-0.4, -0.2) is 36.0 Å². The molecule has 0 bridgehead atoms. The van der Waals surface area contributed by atoms with Crippen LogP contribution in [0.15, 0.2) is 30.3 Å². The predicted octanol–water partition coefficient (Wildman–Crippen LogP) is 2.56. The van der Waals surface area contributed by atoms with E-state index in [0.717, 1.165) is 26.1 Å². The molecule has 130 valence electrons. The van der Waals surface area contributed by atoms with Gasteiger partial charge in [0.05, 0.1) is 0 Å². The number of amides is 1. The second-order valence-corrected chi connectivity index (χ2v) is 6.69. The molecule has 0 aliphatic carbocycles. The quantitative estimate of drug-likeness (QED) is 0.802. The van der Waals surface area contributed by atoms with Gasteiger partial charge in [0.25, 0.3) is 0 Å². The Morgan fingerprint density at radius 1 is 1.39 bits per heavy atom. The Morgan fingerprint density at radius 3 is 2.74 bits per heavy atom. The molecule has 3 N–H and O–H groups in total. The van der Waals surface area contributed by atoms with E-state index in [1.54, 1.807) is 0 Å². The van der Waals surface area contributed by atoms with Crippen molar-refractivity contribution >= 4 is 18.3 Å². The summed E-state index contributed by atoms with van der Waals surface area (Å²) in [5.74, 6) is 0.747. The van der Waals surface area contributed by atoms with Crippen LogP contribution in [0.3, 0.4) is 0 Å². The molecular formula is C18H30ClN3O. The summed E-state index contributed by atoms with van der Waals surface area (Å²) in [4.78, 5) is 14.1. The lowest BCUT2D eigenvalue weighted by Crippen LogP contribution is -2.31. The second kappa shape index (κ2) is 9.91. The van der Waals surface area contributed by atoms with Crippen molar-refractivity contribution in [2.45, 2.75) is 51.7 Å². The van der Waals surface area contributed by atoms with E-state index < -0.39 is 0 Å². The average Bonchev–Trinajstić information content (AvgIpc) is 2.79. The second-order valence-electron chi connectivity index (χ2n) is 6.69. The molecule has 0 radical (unpaired) electrons. The van der Waals surface area contributed by atoms with Crippen LogP contribution >= 0.6 is 12.4 Å². The predicted molar refractivity (Wildman–Crippen MR) is 97.6 cm³/mol. The van der Waals surface area contributed by atoms with Gasteiger partial charge in [0.2, 0.25) is 5.91 Å². The van der Waals surface area contributed by atoms with Gasteiger partial charge in [-0.15, -0.1) is 12.4 Å². The van der Waals surface area contributed by atoms with Gasteiger partial charge in [-0.2, -0.15) is 0 Å². The minimum atomic E-state index is -0.0622. The summed E-state index contributed by atoms with van der Waals surface area (Å²) in [7, 11) is 0. The average molecular weight is 340 g/mol. The van der Waals surface area contributed by atoms with Crippen LogP contribution in [0.5, 0.6) is 0 Å². The topological polar surface area (TPSA) is 58.4 Å². The third-order valence-electron chi connectivity index (χ3n) is 4.40. The molecule has 1 saturated heterocycles. The fraction of sp³-hybridized carbons (Fsp3) is 0.611. The van der Waals surface area contributed by atoms with Gasteiger partial charge >= 0.3 is 0 Å². The fourth-order valence-electron chi connectivity index (χ4n) is 3.25. The number of rotatable bonds is 7. The van der Waals surface area contributed by atoms with Crippen LogP contribution in [-0.2, 0) is 11.3 Å². The number of benzene rings is 1. The van der Waals surface area contributed by atoms with Crippen LogP contribution in [0.4, 0.5) is 0 Å². The smallest absolute Gasteiger partial charge is 0.221 e. The molecule has 2 rings (SSSR count). The van der Waals surface area contributed by atoms with Crippen LogP contribution in [0.2, 0.25) is 0 Å². The molecule has 0 spiro atoms. The third kappa shape index (κ3) is 6.90. The van der Waals surface area contributed by atoms with Crippen molar-refractivity contribution in [3.8, 4) is 0 Å². The first kappa shape index (κ1) is 19.9. The Labute approximate surface area is 146 Å². The third-order valence-corrected chi connectivity index (χ3v) is 4.40. The summed E-state index contributed by atoms with van der Waals surface area (Å²) < 4.78 is 0. The Hall–Kier alpha value is -1.10. The van der Waals surface area contributed by atoms with Crippen molar-refractivity contribution in [2.75, 3.05) is 13.1 Å². The van der Waals surface area contributed by atoms with Gasteiger partial charge in [-0.05, 0) is 38.2 Å². The van der Waals surface area contributed by atoms with Crippen molar-refractivity contribution in [2.24, 2.45) is 11.7 Å². The highest BCUT2D eigenvalue weighted by molar-refractivity contribution is 5.85. The molecule has 1 aliphatic rings. The van der Waals surface area contributed by atoms with Gasteiger partial charge in [0.1, 0.15) is 0 Å². The zero-order valence-electron chi connectivity index (χ0n) is 14.2. The van der Waals surface area contributed by atoms with Crippen molar-refractivity contribution in [3.05, 3.63) is 35.9 Å². The lowest BCUT2D eigenvalue weighted by Gasteiger charge is -2.21. The highest BCUT2D eigenvalue weighted by Gasteiger charge is 2.28. The van der Waals surface area contributed by atoms with Crippen LogP contribution in [0.1, 0.15) is 38.7 Å². The minimum Gasteiger partial charge on any atom is -0.356 e. The van der Waals surface area contributed by atoms with E-state index >= 15 is 0 Å². The molecule has 23 heavy (non-hydrogen) atoms. The fourth-order valence-corrected chi connectivity index (χ4v) is 3.25. The highest BCUT2D eigenvalue weighted by atomic mass is 35.5. The number of nitrogens with one attached hydrogen (secondary N) is 1. The zero-order chi connectivity index (χ0) is 15.9. The molecule has 4 nitrogen and oxygen atoms in total. The maximum Gasteiger partial charge on any atom is 0.221 e. The summed E-state index contributed by atoms with van der Waals surface area (Å²) in [5, 5.41) is 2.98. The maximum atomic E-state index is 11.6. The van der Waals surface area contributed by atoms with Gasteiger partial charge in [-0.3, -0.25) is 9.69 Å². The normalized spacial score (nSPS) is 22.4. The van der Waals surface area contributed by atoms with E-state index in [1.165, 1.54) is 12.0 Å². The number of hydrogen-bond acceptors (Lipinski definition) is 3. The van der Waals surface area contributed by atoms with E-state index in [-0.39, 0.29) is 24.4 Å². The number of nitrogens with two attached hydrogens (primary N) is 1. The van der Waals surface area contributed by atoms with E-state index in [9.17, 15) is 4.79 Å². The first-order valence-corrected chi connectivity index (χ1v) is 8.35. The summed E-state index contributed by atoms with van der Waals surface area (Å²) in [6.45, 7) is 7.08. The Morgan fingerprint density at radius 2 is 2.09 bits per heavy atom. The Bertz CT molecular complexity index is 467. The van der Waals surface area contributed by atoms with Crippen LogP contribution < -0.4 is 11.1 Å². The highest BCUT2D eigenvalue weighted by Crippen LogP contribution is 2.26. The molecule has 3 unspecified atom stereocenters. The SMILES string of the molecule is CC(N)CC(=O)NCCC1CC(C)N(Cc2ccccc2)C1.Cl.